The number of para-hydroxylation sites is 1. The Morgan fingerprint density at radius 1 is 1.21 bits per heavy atom. The molecule has 29 heavy (non-hydrogen) atoms. The molecule has 6 heteroatoms. The number of ether oxygens (including phenoxy) is 1. The third-order valence-electron chi connectivity index (χ3n) is 5.50. The highest BCUT2D eigenvalue weighted by molar-refractivity contribution is 5.80. The number of hydrogen-bond donors (Lipinski definition) is 1. The molecule has 1 atom stereocenters. The lowest BCUT2D eigenvalue weighted by Crippen LogP contribution is -2.39. The highest BCUT2D eigenvalue weighted by atomic mass is 16.5. The molecule has 6 nitrogen and oxygen atoms in total. The zero-order valence-corrected chi connectivity index (χ0v) is 17.0. The predicted molar refractivity (Wildman–Crippen MR) is 116 cm³/mol. The first kappa shape index (κ1) is 19.1. The Hall–Kier alpha value is -3.28. The van der Waals surface area contributed by atoms with Crippen LogP contribution in [0.3, 0.4) is 0 Å². The molecule has 2 heterocycles. The molecule has 0 amide bonds. The average Bonchev–Trinajstić information content (AvgIpc) is 3.47. The number of methoxy groups -OCH3 is 1. The molecule has 1 saturated heterocycles. The van der Waals surface area contributed by atoms with E-state index in [-0.39, 0.29) is 0 Å². The number of imidazole rings is 1. The number of aromatic nitrogens is 2. The number of hydrogen-bond acceptors (Lipinski definition) is 3. The van der Waals surface area contributed by atoms with Crippen LogP contribution in [0, 0.1) is 0 Å². The molecule has 0 radical (unpaired) electrons. The van der Waals surface area contributed by atoms with Gasteiger partial charge in [-0.05, 0) is 35.7 Å². The van der Waals surface area contributed by atoms with Gasteiger partial charge in [-0.15, -0.1) is 0 Å². The van der Waals surface area contributed by atoms with Gasteiger partial charge in [-0.25, -0.2) is 4.98 Å². The molecule has 1 fully saturated rings. The zero-order chi connectivity index (χ0) is 20.1. The summed E-state index contributed by atoms with van der Waals surface area (Å²) in [5.74, 6) is 2.36. The number of aliphatic imine (C=N–C) groups is 1. The molecule has 150 valence electrons. The van der Waals surface area contributed by atoms with Gasteiger partial charge in [0.05, 0.1) is 19.1 Å². The van der Waals surface area contributed by atoms with Gasteiger partial charge in [0.15, 0.2) is 5.96 Å². The van der Waals surface area contributed by atoms with Crippen molar-refractivity contribution in [1.82, 2.24) is 19.8 Å². The van der Waals surface area contributed by atoms with Crippen LogP contribution in [0.15, 0.2) is 72.2 Å². The molecule has 1 N–H and O–H groups in total. The Balaban J connectivity index is 1.41. The molecule has 0 bridgehead atoms. The molecule has 1 aliphatic rings. The second kappa shape index (κ2) is 8.82. The van der Waals surface area contributed by atoms with Crippen LogP contribution in [0.2, 0.25) is 0 Å². The Bertz CT molecular complexity index is 950. The Morgan fingerprint density at radius 3 is 2.76 bits per heavy atom. The second-order valence-electron chi connectivity index (χ2n) is 7.20. The largest absolute Gasteiger partial charge is 0.497 e. The van der Waals surface area contributed by atoms with E-state index in [4.69, 9.17) is 4.74 Å². The molecule has 3 aromatic rings. The quantitative estimate of drug-likeness (QED) is 0.536. The summed E-state index contributed by atoms with van der Waals surface area (Å²) in [6, 6.07) is 16.8. The number of likely N-dealkylation sites (tertiary alicyclic amines) is 1. The van der Waals surface area contributed by atoms with Gasteiger partial charge in [-0.3, -0.25) is 4.99 Å². The maximum atomic E-state index is 5.27. The smallest absolute Gasteiger partial charge is 0.193 e. The van der Waals surface area contributed by atoms with E-state index in [2.05, 4.69) is 50.5 Å². The maximum Gasteiger partial charge on any atom is 0.193 e. The van der Waals surface area contributed by atoms with E-state index in [9.17, 15) is 0 Å². The predicted octanol–water partition coefficient (Wildman–Crippen LogP) is 3.45. The first-order chi connectivity index (χ1) is 14.3. The lowest BCUT2D eigenvalue weighted by molar-refractivity contribution is 0.414. The van der Waals surface area contributed by atoms with Crippen molar-refractivity contribution in [3.8, 4) is 11.4 Å². The molecule has 1 unspecified atom stereocenters. The first-order valence-electron chi connectivity index (χ1n) is 9.94. The van der Waals surface area contributed by atoms with Crippen molar-refractivity contribution in [1.29, 1.82) is 0 Å². The summed E-state index contributed by atoms with van der Waals surface area (Å²) in [6.45, 7) is 2.68. The molecule has 0 aliphatic carbocycles. The summed E-state index contributed by atoms with van der Waals surface area (Å²) in [7, 11) is 3.55. The minimum absolute atomic E-state index is 0.512. The van der Waals surface area contributed by atoms with Crippen molar-refractivity contribution in [2.75, 3.05) is 27.2 Å². The second-order valence-corrected chi connectivity index (χ2v) is 7.20. The summed E-state index contributed by atoms with van der Waals surface area (Å²) in [6.07, 6.45) is 6.71. The van der Waals surface area contributed by atoms with Crippen molar-refractivity contribution in [3.63, 3.8) is 0 Å². The monoisotopic (exact) mass is 389 g/mol. The van der Waals surface area contributed by atoms with Gasteiger partial charge in [-0.2, -0.15) is 0 Å². The fraction of sp³-hybridized carbons (Fsp3) is 0.304. The highest BCUT2D eigenvalue weighted by Crippen LogP contribution is 2.28. The molecule has 4 rings (SSSR count). The van der Waals surface area contributed by atoms with Crippen LogP contribution < -0.4 is 10.1 Å². The summed E-state index contributed by atoms with van der Waals surface area (Å²) in [5, 5.41) is 3.54. The van der Waals surface area contributed by atoms with Gasteiger partial charge in [0.2, 0.25) is 0 Å². The zero-order valence-electron chi connectivity index (χ0n) is 17.0. The molecule has 1 aromatic heterocycles. The third kappa shape index (κ3) is 4.26. The van der Waals surface area contributed by atoms with E-state index >= 15 is 0 Å². The van der Waals surface area contributed by atoms with Gasteiger partial charge < -0.3 is 19.5 Å². The average molecular weight is 390 g/mol. The number of rotatable bonds is 5. The van der Waals surface area contributed by atoms with E-state index in [1.54, 1.807) is 13.3 Å². The summed E-state index contributed by atoms with van der Waals surface area (Å²) in [5.41, 5.74) is 3.69. The van der Waals surface area contributed by atoms with E-state index in [1.165, 1.54) is 11.1 Å². The van der Waals surface area contributed by atoms with Crippen LogP contribution in [-0.4, -0.2) is 47.7 Å². The molecular weight excluding hydrogens is 362 g/mol. The summed E-state index contributed by atoms with van der Waals surface area (Å²) < 4.78 is 7.31. The van der Waals surface area contributed by atoms with Crippen LogP contribution in [0.4, 0.5) is 0 Å². The van der Waals surface area contributed by atoms with Crippen molar-refractivity contribution in [2.45, 2.75) is 18.9 Å². The Kier molecular flexibility index (Phi) is 5.79. The van der Waals surface area contributed by atoms with Crippen molar-refractivity contribution in [2.24, 2.45) is 4.99 Å². The molecule has 0 saturated carbocycles. The number of nitrogens with zero attached hydrogens (tertiary/aromatic N) is 4. The lowest BCUT2D eigenvalue weighted by atomic mass is 9.98. The van der Waals surface area contributed by atoms with E-state index in [0.29, 0.717) is 12.5 Å². The number of nitrogens with one attached hydrogen (secondary N) is 1. The number of benzene rings is 2. The van der Waals surface area contributed by atoms with Crippen LogP contribution >= 0.6 is 0 Å². The summed E-state index contributed by atoms with van der Waals surface area (Å²) in [4.78, 5) is 11.0. The van der Waals surface area contributed by atoms with Crippen LogP contribution in [0.1, 0.15) is 23.5 Å². The number of guanidine groups is 1. The normalized spacial score (nSPS) is 16.8. The molecule has 1 aliphatic heterocycles. The fourth-order valence-electron chi connectivity index (χ4n) is 3.92. The van der Waals surface area contributed by atoms with E-state index in [0.717, 1.165) is 36.9 Å². The van der Waals surface area contributed by atoms with Crippen LogP contribution in [0.25, 0.3) is 5.69 Å². The van der Waals surface area contributed by atoms with Crippen LogP contribution in [0.5, 0.6) is 5.75 Å². The van der Waals surface area contributed by atoms with Gasteiger partial charge >= 0.3 is 0 Å². The lowest BCUT2D eigenvalue weighted by Gasteiger charge is -2.22. The third-order valence-corrected chi connectivity index (χ3v) is 5.50. The van der Waals surface area contributed by atoms with Gasteiger partial charge in [0, 0.05) is 45.0 Å². The summed E-state index contributed by atoms with van der Waals surface area (Å²) >= 11 is 0. The SMILES string of the molecule is CN=C(NCc1ccccc1-n1ccnc1)N1CCC(c2ccc(OC)cc2)C1. The molecule has 2 aromatic carbocycles. The molecule has 0 spiro atoms. The van der Waals surface area contributed by atoms with Gasteiger partial charge in [0.1, 0.15) is 5.75 Å². The van der Waals surface area contributed by atoms with E-state index < -0.39 is 0 Å². The minimum Gasteiger partial charge on any atom is -0.497 e. The topological polar surface area (TPSA) is 54.7 Å². The highest BCUT2D eigenvalue weighted by Gasteiger charge is 2.26. The van der Waals surface area contributed by atoms with Crippen LogP contribution in [-0.2, 0) is 6.54 Å². The Morgan fingerprint density at radius 2 is 2.03 bits per heavy atom. The fourth-order valence-corrected chi connectivity index (χ4v) is 3.92. The van der Waals surface area contributed by atoms with Gasteiger partial charge in [0.25, 0.3) is 0 Å². The Labute approximate surface area is 171 Å². The van der Waals surface area contributed by atoms with Crippen molar-refractivity contribution < 1.29 is 4.74 Å². The molecular formula is C23H27N5O. The van der Waals surface area contributed by atoms with Crippen molar-refractivity contribution in [3.05, 3.63) is 78.4 Å². The minimum atomic E-state index is 0.512. The maximum absolute atomic E-state index is 5.27. The first-order valence-corrected chi connectivity index (χ1v) is 9.94. The van der Waals surface area contributed by atoms with E-state index in [1.807, 2.05) is 42.3 Å². The van der Waals surface area contributed by atoms with Gasteiger partial charge in [-0.1, -0.05) is 30.3 Å². The van der Waals surface area contributed by atoms with Crippen molar-refractivity contribution >= 4 is 5.96 Å². The standard InChI is InChI=1S/C23H27N5O/c1-24-23(26-15-19-5-3-4-6-22(19)28-14-12-25-17-28)27-13-11-20(16-27)18-7-9-21(29-2)10-8-18/h3-10,12,14,17,20H,11,13,15-16H2,1-2H3,(H,24,26).